The van der Waals surface area contributed by atoms with Gasteiger partial charge in [0.25, 0.3) is 0 Å². The molecular formula is C8H10BrN3O2. The molecule has 76 valence electrons. The van der Waals surface area contributed by atoms with E-state index in [1.807, 2.05) is 0 Å². The summed E-state index contributed by atoms with van der Waals surface area (Å²) >= 11 is 3.23. The fourth-order valence-corrected chi connectivity index (χ4v) is 1.31. The summed E-state index contributed by atoms with van der Waals surface area (Å²) in [5.74, 6) is -0.468. The van der Waals surface area contributed by atoms with E-state index in [2.05, 4.69) is 26.2 Å². The summed E-state index contributed by atoms with van der Waals surface area (Å²) in [6, 6.07) is 0.964. The SMILES string of the molecule is CC(Nc1ncc(N)cc1Br)C(=O)O. The molecule has 0 aliphatic heterocycles. The molecule has 0 bridgehead atoms. The lowest BCUT2D eigenvalue weighted by atomic mass is 10.3. The Bertz CT molecular complexity index is 356. The monoisotopic (exact) mass is 259 g/mol. The van der Waals surface area contributed by atoms with Gasteiger partial charge in [-0.1, -0.05) is 0 Å². The summed E-state index contributed by atoms with van der Waals surface area (Å²) in [5.41, 5.74) is 6.00. The molecule has 14 heavy (non-hydrogen) atoms. The van der Waals surface area contributed by atoms with Crippen LogP contribution >= 0.6 is 15.9 Å². The van der Waals surface area contributed by atoms with Crippen molar-refractivity contribution >= 4 is 33.4 Å². The first-order chi connectivity index (χ1) is 6.50. The van der Waals surface area contributed by atoms with Crippen molar-refractivity contribution in [3.63, 3.8) is 0 Å². The summed E-state index contributed by atoms with van der Waals surface area (Å²) in [6.45, 7) is 1.53. The molecule has 6 heteroatoms. The number of nitrogens with two attached hydrogens (primary N) is 1. The predicted octanol–water partition coefficient (Wildman–Crippen LogP) is 1.31. The first-order valence-corrected chi connectivity index (χ1v) is 4.70. The third kappa shape index (κ3) is 2.59. The number of pyridine rings is 1. The lowest BCUT2D eigenvalue weighted by Gasteiger charge is -2.11. The van der Waals surface area contributed by atoms with Crippen LogP contribution in [-0.4, -0.2) is 22.1 Å². The number of carboxylic acids is 1. The van der Waals surface area contributed by atoms with E-state index in [4.69, 9.17) is 10.8 Å². The summed E-state index contributed by atoms with van der Waals surface area (Å²) in [6.07, 6.45) is 1.46. The highest BCUT2D eigenvalue weighted by molar-refractivity contribution is 9.10. The lowest BCUT2D eigenvalue weighted by Crippen LogP contribution is -2.26. The molecule has 0 aromatic carbocycles. The zero-order valence-electron chi connectivity index (χ0n) is 7.49. The lowest BCUT2D eigenvalue weighted by molar-refractivity contribution is -0.137. The van der Waals surface area contributed by atoms with Gasteiger partial charge in [0, 0.05) is 0 Å². The second kappa shape index (κ2) is 4.28. The van der Waals surface area contributed by atoms with Crippen LogP contribution in [-0.2, 0) is 4.79 Å². The van der Waals surface area contributed by atoms with Crippen LogP contribution in [0.25, 0.3) is 0 Å². The molecule has 1 aromatic rings. The van der Waals surface area contributed by atoms with Gasteiger partial charge in [0.15, 0.2) is 0 Å². The molecule has 0 amide bonds. The van der Waals surface area contributed by atoms with Gasteiger partial charge in [-0.15, -0.1) is 0 Å². The Labute approximate surface area is 89.5 Å². The Morgan fingerprint density at radius 2 is 2.43 bits per heavy atom. The van der Waals surface area contributed by atoms with E-state index in [0.717, 1.165) is 0 Å². The van der Waals surface area contributed by atoms with Crippen molar-refractivity contribution in [2.45, 2.75) is 13.0 Å². The van der Waals surface area contributed by atoms with Crippen molar-refractivity contribution in [2.24, 2.45) is 0 Å². The average Bonchev–Trinajstić information content (AvgIpc) is 2.09. The minimum atomic E-state index is -0.935. The highest BCUT2D eigenvalue weighted by Gasteiger charge is 2.12. The Hall–Kier alpha value is -1.30. The molecule has 4 N–H and O–H groups in total. The van der Waals surface area contributed by atoms with Crippen LogP contribution in [0.15, 0.2) is 16.7 Å². The number of aliphatic carboxylic acids is 1. The van der Waals surface area contributed by atoms with Crippen LogP contribution in [0.3, 0.4) is 0 Å². The Morgan fingerprint density at radius 3 is 2.93 bits per heavy atom. The summed E-state index contributed by atoms with van der Waals surface area (Å²) in [5, 5.41) is 11.4. The van der Waals surface area contributed by atoms with E-state index in [9.17, 15) is 4.79 Å². The van der Waals surface area contributed by atoms with Crippen LogP contribution in [0.1, 0.15) is 6.92 Å². The van der Waals surface area contributed by atoms with E-state index in [-0.39, 0.29) is 0 Å². The van der Waals surface area contributed by atoms with Gasteiger partial charge in [0.1, 0.15) is 11.9 Å². The third-order valence-corrected chi connectivity index (χ3v) is 2.19. The number of rotatable bonds is 3. The summed E-state index contributed by atoms with van der Waals surface area (Å²) < 4.78 is 0.644. The molecule has 1 unspecified atom stereocenters. The number of carboxylic acid groups (broad SMARTS) is 1. The number of hydrogen-bond donors (Lipinski definition) is 3. The van der Waals surface area contributed by atoms with Gasteiger partial charge < -0.3 is 16.2 Å². The van der Waals surface area contributed by atoms with Gasteiger partial charge in [-0.25, -0.2) is 4.98 Å². The Kier molecular flexibility index (Phi) is 3.29. The average molecular weight is 260 g/mol. The normalized spacial score (nSPS) is 12.1. The van der Waals surface area contributed by atoms with Crippen molar-refractivity contribution in [1.82, 2.24) is 4.98 Å². The topological polar surface area (TPSA) is 88.2 Å². The van der Waals surface area contributed by atoms with Gasteiger partial charge in [-0.3, -0.25) is 4.79 Å². The van der Waals surface area contributed by atoms with Crippen molar-refractivity contribution in [3.05, 3.63) is 16.7 Å². The van der Waals surface area contributed by atoms with E-state index in [0.29, 0.717) is 16.0 Å². The molecule has 0 fully saturated rings. The maximum absolute atomic E-state index is 10.6. The summed E-state index contributed by atoms with van der Waals surface area (Å²) in [7, 11) is 0. The zero-order valence-corrected chi connectivity index (χ0v) is 9.08. The molecule has 5 nitrogen and oxygen atoms in total. The number of halogens is 1. The maximum atomic E-state index is 10.6. The maximum Gasteiger partial charge on any atom is 0.325 e. The number of anilines is 2. The second-order valence-electron chi connectivity index (χ2n) is 2.80. The Morgan fingerprint density at radius 1 is 1.79 bits per heavy atom. The summed E-state index contributed by atoms with van der Waals surface area (Å²) in [4.78, 5) is 14.5. The van der Waals surface area contributed by atoms with Crippen molar-refractivity contribution in [2.75, 3.05) is 11.1 Å². The van der Waals surface area contributed by atoms with E-state index in [1.54, 1.807) is 6.07 Å². The zero-order chi connectivity index (χ0) is 10.7. The number of aromatic nitrogens is 1. The van der Waals surface area contributed by atoms with Gasteiger partial charge in [-0.2, -0.15) is 0 Å². The minimum Gasteiger partial charge on any atom is -0.480 e. The van der Waals surface area contributed by atoms with Crippen LogP contribution in [0.5, 0.6) is 0 Å². The number of carbonyl (C=O) groups is 1. The predicted molar refractivity (Wildman–Crippen MR) is 57.1 cm³/mol. The fraction of sp³-hybridized carbons (Fsp3) is 0.250. The van der Waals surface area contributed by atoms with Crippen LogP contribution < -0.4 is 11.1 Å². The van der Waals surface area contributed by atoms with Gasteiger partial charge in [-0.05, 0) is 28.9 Å². The minimum absolute atomic E-state index is 0.467. The number of nitrogens with one attached hydrogen (secondary N) is 1. The molecule has 0 saturated carbocycles. The van der Waals surface area contributed by atoms with E-state index >= 15 is 0 Å². The Balaban J connectivity index is 2.82. The first kappa shape index (κ1) is 10.8. The molecule has 0 radical (unpaired) electrons. The molecule has 1 heterocycles. The van der Waals surface area contributed by atoms with Crippen molar-refractivity contribution in [1.29, 1.82) is 0 Å². The van der Waals surface area contributed by atoms with Crippen LogP contribution in [0.2, 0.25) is 0 Å². The quantitative estimate of drug-likeness (QED) is 0.762. The third-order valence-electron chi connectivity index (χ3n) is 1.59. The molecule has 0 spiro atoms. The molecule has 1 atom stereocenters. The van der Waals surface area contributed by atoms with E-state index in [1.165, 1.54) is 13.1 Å². The second-order valence-corrected chi connectivity index (χ2v) is 3.66. The highest BCUT2D eigenvalue weighted by Crippen LogP contribution is 2.22. The van der Waals surface area contributed by atoms with Crippen LogP contribution in [0, 0.1) is 0 Å². The van der Waals surface area contributed by atoms with Gasteiger partial charge in [0.2, 0.25) is 0 Å². The largest absolute Gasteiger partial charge is 0.480 e. The van der Waals surface area contributed by atoms with Crippen molar-refractivity contribution < 1.29 is 9.90 Å². The molecule has 0 aliphatic rings. The molecular weight excluding hydrogens is 250 g/mol. The highest BCUT2D eigenvalue weighted by atomic mass is 79.9. The fourth-order valence-electron chi connectivity index (χ4n) is 0.826. The molecule has 0 aliphatic carbocycles. The first-order valence-electron chi connectivity index (χ1n) is 3.91. The number of hydrogen-bond acceptors (Lipinski definition) is 4. The van der Waals surface area contributed by atoms with Gasteiger partial charge in [0.05, 0.1) is 16.4 Å². The standard InChI is InChI=1S/C8H10BrN3O2/c1-4(8(13)14)12-7-6(9)2-5(10)3-11-7/h2-4H,10H2,1H3,(H,11,12)(H,13,14). The molecule has 1 aromatic heterocycles. The smallest absolute Gasteiger partial charge is 0.325 e. The number of nitrogen functional groups attached to an aromatic ring is 1. The molecule has 1 rings (SSSR count). The number of nitrogens with zero attached hydrogens (tertiary/aromatic N) is 1. The van der Waals surface area contributed by atoms with Crippen molar-refractivity contribution in [3.8, 4) is 0 Å². The molecule has 0 saturated heterocycles. The van der Waals surface area contributed by atoms with E-state index < -0.39 is 12.0 Å². The van der Waals surface area contributed by atoms with Gasteiger partial charge >= 0.3 is 5.97 Å². The van der Waals surface area contributed by atoms with Crippen LogP contribution in [0.4, 0.5) is 11.5 Å².